The van der Waals surface area contributed by atoms with Crippen LogP contribution in [-0.4, -0.2) is 36.8 Å². The third-order valence-corrected chi connectivity index (χ3v) is 2.01. The van der Waals surface area contributed by atoms with Gasteiger partial charge >= 0.3 is 0 Å². The maximum absolute atomic E-state index is 9.15. The lowest BCUT2D eigenvalue weighted by Gasteiger charge is -2.19. The molecule has 5 heteroatoms. The summed E-state index contributed by atoms with van der Waals surface area (Å²) in [7, 11) is 0. The number of nitrogens with one attached hydrogen (secondary N) is 2. The van der Waals surface area contributed by atoms with Gasteiger partial charge in [0.15, 0.2) is 5.96 Å². The second kappa shape index (κ2) is 8.57. The molecule has 0 radical (unpaired) electrons. The van der Waals surface area contributed by atoms with Crippen molar-refractivity contribution in [2.75, 3.05) is 19.6 Å². The van der Waals surface area contributed by atoms with Gasteiger partial charge in [-0.05, 0) is 12.8 Å². The number of guanidine groups is 1. The number of β-amino-alcohol motifs (C(OH)–C–C–N with tert-alkyl or cyclic N) is 1. The highest BCUT2D eigenvalue weighted by Gasteiger charge is 2.10. The number of aliphatic hydroxyl groups is 1. The van der Waals surface area contributed by atoms with Crippen molar-refractivity contribution in [1.29, 1.82) is 0 Å². The number of aliphatic imine (C=N–C) groups is 1. The first-order chi connectivity index (χ1) is 6.83. The van der Waals surface area contributed by atoms with E-state index in [1.807, 2.05) is 0 Å². The van der Waals surface area contributed by atoms with E-state index in [1.165, 1.54) is 0 Å². The molecule has 0 saturated carbocycles. The quantitative estimate of drug-likeness (QED) is 0.510. The molecule has 1 rings (SSSR count). The van der Waals surface area contributed by atoms with Gasteiger partial charge in [-0.25, -0.2) is 0 Å². The van der Waals surface area contributed by atoms with Gasteiger partial charge in [-0.3, -0.25) is 4.99 Å². The fourth-order valence-corrected chi connectivity index (χ4v) is 1.21. The maximum Gasteiger partial charge on any atom is 0.191 e. The third-order valence-electron chi connectivity index (χ3n) is 2.01. The molecule has 0 spiro atoms. The molecule has 1 heterocycles. The Morgan fingerprint density at radius 1 is 1.60 bits per heavy atom. The molecule has 0 saturated heterocycles. The van der Waals surface area contributed by atoms with Crippen LogP contribution in [0.5, 0.6) is 0 Å². The average molecular weight is 276 g/mol. The molecular formula is C10H18BrN3O. The summed E-state index contributed by atoms with van der Waals surface area (Å²) in [5.74, 6) is 3.39. The van der Waals surface area contributed by atoms with E-state index in [2.05, 4.69) is 21.5 Å². The molecule has 0 amide bonds. The number of unbranched alkanes of at least 4 members (excludes halogenated alkanes) is 2. The summed E-state index contributed by atoms with van der Waals surface area (Å²) in [6.07, 6.45) is 7.71. The van der Waals surface area contributed by atoms with Gasteiger partial charge in [0.1, 0.15) is 0 Å². The second-order valence-corrected chi connectivity index (χ2v) is 3.31. The van der Waals surface area contributed by atoms with Gasteiger partial charge in [-0.2, -0.15) is 0 Å². The fraction of sp³-hybridized carbons (Fsp3) is 0.700. The molecule has 0 fully saturated rings. The molecule has 1 aliphatic heterocycles. The Balaban J connectivity index is 0.00000196. The molecule has 0 aromatic carbocycles. The van der Waals surface area contributed by atoms with Crippen LogP contribution in [0.2, 0.25) is 0 Å². The number of aliphatic hydroxyl groups excluding tert-OH is 1. The highest BCUT2D eigenvalue weighted by Crippen LogP contribution is 1.93. The monoisotopic (exact) mass is 275 g/mol. The fourth-order valence-electron chi connectivity index (χ4n) is 1.21. The lowest BCUT2D eigenvalue weighted by atomic mass is 10.2. The molecule has 1 aliphatic rings. The van der Waals surface area contributed by atoms with Crippen molar-refractivity contribution in [3.63, 3.8) is 0 Å². The van der Waals surface area contributed by atoms with Crippen molar-refractivity contribution in [2.24, 2.45) is 4.99 Å². The summed E-state index contributed by atoms with van der Waals surface area (Å²) in [6.45, 7) is 1.94. The summed E-state index contributed by atoms with van der Waals surface area (Å²) < 4.78 is 0. The van der Waals surface area contributed by atoms with E-state index in [4.69, 9.17) is 11.5 Å². The zero-order valence-electron chi connectivity index (χ0n) is 8.70. The Kier molecular flexibility index (Phi) is 8.15. The topological polar surface area (TPSA) is 56.7 Å². The Hall–Kier alpha value is -0.730. The highest BCUT2D eigenvalue weighted by atomic mass is 79.9. The Morgan fingerprint density at radius 2 is 2.40 bits per heavy atom. The summed E-state index contributed by atoms with van der Waals surface area (Å²) in [4.78, 5) is 4.13. The molecular weight excluding hydrogens is 258 g/mol. The van der Waals surface area contributed by atoms with E-state index in [9.17, 15) is 0 Å². The summed E-state index contributed by atoms with van der Waals surface area (Å²) in [6, 6.07) is 0. The molecule has 0 bridgehead atoms. The molecule has 86 valence electrons. The minimum Gasteiger partial charge on any atom is -0.389 e. The molecule has 15 heavy (non-hydrogen) atoms. The largest absolute Gasteiger partial charge is 0.389 e. The van der Waals surface area contributed by atoms with E-state index in [-0.39, 0.29) is 23.1 Å². The number of nitrogens with zero attached hydrogens (tertiary/aromatic N) is 1. The van der Waals surface area contributed by atoms with Crippen LogP contribution in [0.1, 0.15) is 19.3 Å². The van der Waals surface area contributed by atoms with Gasteiger partial charge in [-0.1, -0.05) is 0 Å². The van der Waals surface area contributed by atoms with Crippen LogP contribution in [0.25, 0.3) is 0 Å². The van der Waals surface area contributed by atoms with Crippen LogP contribution in [0.4, 0.5) is 0 Å². The first-order valence-corrected chi connectivity index (χ1v) is 4.96. The Morgan fingerprint density at radius 3 is 3.00 bits per heavy atom. The average Bonchev–Trinajstić information content (AvgIpc) is 2.21. The number of halogens is 1. The van der Waals surface area contributed by atoms with Crippen LogP contribution in [0, 0.1) is 12.3 Å². The van der Waals surface area contributed by atoms with E-state index in [1.54, 1.807) is 0 Å². The standard InChI is InChI=1S/C10H17N3O.BrH/c1-2-3-4-5-6-11-10-12-7-9(14)8-13-10;/h1,9,14H,3-8H2,(H2,11,12,13);1H. The van der Waals surface area contributed by atoms with Gasteiger partial charge in [-0.15, -0.1) is 29.3 Å². The predicted molar refractivity (Wildman–Crippen MR) is 67.3 cm³/mol. The molecule has 0 aromatic rings. The Bertz CT molecular complexity index is 237. The van der Waals surface area contributed by atoms with E-state index < -0.39 is 0 Å². The van der Waals surface area contributed by atoms with Crippen molar-refractivity contribution in [3.8, 4) is 12.3 Å². The van der Waals surface area contributed by atoms with Gasteiger partial charge in [0.25, 0.3) is 0 Å². The third kappa shape index (κ3) is 6.37. The lowest BCUT2D eigenvalue weighted by molar-refractivity contribution is 0.180. The number of hydrogen-bond donors (Lipinski definition) is 3. The van der Waals surface area contributed by atoms with Gasteiger partial charge in [0.2, 0.25) is 0 Å². The van der Waals surface area contributed by atoms with E-state index in [0.717, 1.165) is 31.8 Å². The van der Waals surface area contributed by atoms with Crippen LogP contribution < -0.4 is 10.6 Å². The lowest BCUT2D eigenvalue weighted by Crippen LogP contribution is -2.46. The van der Waals surface area contributed by atoms with Crippen LogP contribution in [0.15, 0.2) is 4.99 Å². The SMILES string of the molecule is Br.C#CCCCCNC1=NCC(O)CN1. The minimum atomic E-state index is -0.345. The first-order valence-electron chi connectivity index (χ1n) is 4.96. The van der Waals surface area contributed by atoms with Crippen LogP contribution in [-0.2, 0) is 0 Å². The maximum atomic E-state index is 9.15. The van der Waals surface area contributed by atoms with Gasteiger partial charge in [0, 0.05) is 19.5 Å². The van der Waals surface area contributed by atoms with E-state index >= 15 is 0 Å². The van der Waals surface area contributed by atoms with Crippen molar-refractivity contribution in [3.05, 3.63) is 0 Å². The normalized spacial score (nSPS) is 19.2. The van der Waals surface area contributed by atoms with Crippen molar-refractivity contribution in [2.45, 2.75) is 25.4 Å². The van der Waals surface area contributed by atoms with Crippen molar-refractivity contribution < 1.29 is 5.11 Å². The summed E-state index contributed by atoms with van der Waals surface area (Å²) in [5.41, 5.74) is 0. The number of rotatable bonds is 4. The smallest absolute Gasteiger partial charge is 0.191 e. The van der Waals surface area contributed by atoms with Crippen molar-refractivity contribution >= 4 is 22.9 Å². The van der Waals surface area contributed by atoms with E-state index in [0.29, 0.717) is 13.1 Å². The summed E-state index contributed by atoms with van der Waals surface area (Å²) >= 11 is 0. The summed E-state index contributed by atoms with van der Waals surface area (Å²) in [5, 5.41) is 15.3. The Labute approximate surface area is 101 Å². The van der Waals surface area contributed by atoms with Crippen LogP contribution in [0.3, 0.4) is 0 Å². The molecule has 1 unspecified atom stereocenters. The highest BCUT2D eigenvalue weighted by molar-refractivity contribution is 8.93. The molecule has 3 N–H and O–H groups in total. The molecule has 0 aliphatic carbocycles. The van der Waals surface area contributed by atoms with Gasteiger partial charge < -0.3 is 15.7 Å². The van der Waals surface area contributed by atoms with Crippen molar-refractivity contribution in [1.82, 2.24) is 10.6 Å². The van der Waals surface area contributed by atoms with Gasteiger partial charge in [0.05, 0.1) is 12.6 Å². The van der Waals surface area contributed by atoms with Crippen LogP contribution >= 0.6 is 17.0 Å². The minimum absolute atomic E-state index is 0. The molecule has 4 nitrogen and oxygen atoms in total. The second-order valence-electron chi connectivity index (χ2n) is 3.31. The molecule has 1 atom stereocenters. The number of hydrogen-bond acceptors (Lipinski definition) is 4. The first kappa shape index (κ1) is 14.3. The predicted octanol–water partition coefficient (Wildman–Crippen LogP) is 0.277. The zero-order valence-corrected chi connectivity index (χ0v) is 10.4. The number of terminal acetylenes is 1. The molecule has 0 aromatic heterocycles. The zero-order chi connectivity index (χ0) is 10.2.